The topological polar surface area (TPSA) is 17.8 Å². The number of aryl methyl sites for hydroxylation is 4. The average Bonchev–Trinajstić information content (AvgIpc) is 3.23. The van der Waals surface area contributed by atoms with E-state index in [9.17, 15) is 0 Å². The highest BCUT2D eigenvalue weighted by atomic mass is 15.1. The molecule has 2 nitrogen and oxygen atoms in total. The summed E-state index contributed by atoms with van der Waals surface area (Å²) in [6.45, 7) is 5.72. The number of rotatable bonds is 22. The summed E-state index contributed by atoms with van der Waals surface area (Å²) in [5.74, 6) is 1.31. The zero-order chi connectivity index (χ0) is 24.1. The molecule has 192 valence electrons. The summed E-state index contributed by atoms with van der Waals surface area (Å²) < 4.78 is 2.46. The molecule has 0 saturated heterocycles. The van der Waals surface area contributed by atoms with Gasteiger partial charge in [0.25, 0.3) is 0 Å². The maximum atomic E-state index is 4.98. The molecule has 0 aliphatic heterocycles. The van der Waals surface area contributed by atoms with Crippen molar-refractivity contribution in [1.29, 1.82) is 0 Å². The van der Waals surface area contributed by atoms with Gasteiger partial charge in [0.1, 0.15) is 5.82 Å². The molecule has 0 saturated carbocycles. The molecule has 0 fully saturated rings. The minimum atomic E-state index is 1.09. The highest BCUT2D eigenvalue weighted by molar-refractivity contribution is 5.15. The van der Waals surface area contributed by atoms with Crippen molar-refractivity contribution in [3.8, 4) is 0 Å². The van der Waals surface area contributed by atoms with Gasteiger partial charge in [0.05, 0.1) is 5.69 Å². The first-order valence-electron chi connectivity index (χ1n) is 14.9. The predicted octanol–water partition coefficient (Wildman–Crippen LogP) is 9.88. The number of hydrogen-bond donors (Lipinski definition) is 0. The third-order valence-corrected chi connectivity index (χ3v) is 7.13. The number of benzene rings is 1. The number of nitrogens with zero attached hydrogens (tertiary/aromatic N) is 2. The second-order valence-corrected chi connectivity index (χ2v) is 10.4. The van der Waals surface area contributed by atoms with E-state index in [-0.39, 0.29) is 0 Å². The molecule has 0 spiro atoms. The first-order valence-corrected chi connectivity index (χ1v) is 14.9. The van der Waals surface area contributed by atoms with Gasteiger partial charge in [-0.1, -0.05) is 134 Å². The Labute approximate surface area is 212 Å². The second-order valence-electron chi connectivity index (χ2n) is 10.4. The molecule has 2 rings (SSSR count). The van der Waals surface area contributed by atoms with Crippen molar-refractivity contribution in [3.63, 3.8) is 0 Å². The molecule has 1 aromatic carbocycles. The van der Waals surface area contributed by atoms with Crippen LogP contribution in [0.3, 0.4) is 0 Å². The summed E-state index contributed by atoms with van der Waals surface area (Å²) in [6.07, 6.45) is 29.5. The lowest BCUT2D eigenvalue weighted by atomic mass is 10.0. The van der Waals surface area contributed by atoms with E-state index in [4.69, 9.17) is 4.98 Å². The number of imidazole rings is 1. The minimum Gasteiger partial charge on any atom is -0.335 e. The molecule has 1 aromatic heterocycles. The first kappa shape index (κ1) is 28.7. The van der Waals surface area contributed by atoms with E-state index in [2.05, 4.69) is 54.9 Å². The Bertz CT molecular complexity index is 703. The Morgan fingerprint density at radius 2 is 1.12 bits per heavy atom. The molecular weight excluding hydrogens is 412 g/mol. The third kappa shape index (κ3) is 13.4. The molecule has 0 aliphatic carbocycles. The highest BCUT2D eigenvalue weighted by Gasteiger charge is 2.07. The van der Waals surface area contributed by atoms with Crippen LogP contribution in [0.1, 0.15) is 140 Å². The number of hydrogen-bond acceptors (Lipinski definition) is 1. The van der Waals surface area contributed by atoms with Crippen LogP contribution in [0.15, 0.2) is 36.5 Å². The van der Waals surface area contributed by atoms with E-state index in [1.807, 2.05) is 0 Å². The van der Waals surface area contributed by atoms with Crippen molar-refractivity contribution in [3.05, 3.63) is 53.6 Å². The van der Waals surface area contributed by atoms with E-state index >= 15 is 0 Å². The summed E-state index contributed by atoms with van der Waals surface area (Å²) in [4.78, 5) is 4.98. The van der Waals surface area contributed by atoms with Gasteiger partial charge in [-0.2, -0.15) is 0 Å². The summed E-state index contributed by atoms with van der Waals surface area (Å²) in [5, 5.41) is 0. The predicted molar refractivity (Wildman–Crippen MR) is 150 cm³/mol. The van der Waals surface area contributed by atoms with Crippen molar-refractivity contribution in [2.45, 2.75) is 149 Å². The fourth-order valence-corrected chi connectivity index (χ4v) is 5.02. The largest absolute Gasteiger partial charge is 0.335 e. The van der Waals surface area contributed by atoms with Crippen LogP contribution in [0.2, 0.25) is 0 Å². The van der Waals surface area contributed by atoms with E-state index in [0.29, 0.717) is 0 Å². The Morgan fingerprint density at radius 1 is 0.559 bits per heavy atom. The molecule has 0 bridgehead atoms. The van der Waals surface area contributed by atoms with Crippen LogP contribution in [0.25, 0.3) is 0 Å². The van der Waals surface area contributed by atoms with E-state index < -0.39 is 0 Å². The monoisotopic (exact) mass is 466 g/mol. The molecule has 2 aromatic rings. The van der Waals surface area contributed by atoms with Crippen LogP contribution in [0, 0.1) is 0 Å². The van der Waals surface area contributed by atoms with Crippen LogP contribution >= 0.6 is 0 Å². The highest BCUT2D eigenvalue weighted by Crippen LogP contribution is 2.15. The van der Waals surface area contributed by atoms with Gasteiger partial charge >= 0.3 is 0 Å². The lowest BCUT2D eigenvalue weighted by Gasteiger charge is -2.07. The van der Waals surface area contributed by atoms with Crippen molar-refractivity contribution < 1.29 is 0 Å². The summed E-state index contributed by atoms with van der Waals surface area (Å²) in [7, 11) is 0. The van der Waals surface area contributed by atoms with Crippen LogP contribution in [-0.4, -0.2) is 9.55 Å². The number of aromatic nitrogens is 2. The molecule has 0 unspecified atom stereocenters. The second kappa shape index (κ2) is 19.7. The first-order chi connectivity index (χ1) is 16.8. The van der Waals surface area contributed by atoms with Gasteiger partial charge in [0.2, 0.25) is 0 Å². The molecule has 0 radical (unpaired) electrons. The van der Waals surface area contributed by atoms with Crippen molar-refractivity contribution in [2.24, 2.45) is 0 Å². The molecule has 34 heavy (non-hydrogen) atoms. The zero-order valence-corrected chi connectivity index (χ0v) is 22.7. The maximum absolute atomic E-state index is 4.98. The standard InChI is InChI=1S/C32H54N2/c1-3-5-6-7-8-9-10-11-12-13-14-15-16-17-21-28-34-29-31(33-32(34)23-4-2)27-22-26-30-24-19-18-20-25-30/h18-20,24-25,29H,3-17,21-23,26-28H2,1-2H3. The van der Waals surface area contributed by atoms with Crippen LogP contribution < -0.4 is 0 Å². The summed E-state index contributed by atoms with van der Waals surface area (Å²) in [5.41, 5.74) is 2.73. The molecule has 0 aliphatic rings. The third-order valence-electron chi connectivity index (χ3n) is 7.13. The van der Waals surface area contributed by atoms with Crippen molar-refractivity contribution >= 4 is 0 Å². The maximum Gasteiger partial charge on any atom is 0.108 e. The van der Waals surface area contributed by atoms with Crippen molar-refractivity contribution in [1.82, 2.24) is 9.55 Å². The zero-order valence-electron chi connectivity index (χ0n) is 22.7. The molecule has 0 amide bonds. The van der Waals surface area contributed by atoms with Gasteiger partial charge in [0, 0.05) is 19.2 Å². The van der Waals surface area contributed by atoms with Gasteiger partial charge in [-0.3, -0.25) is 0 Å². The molecule has 2 heteroatoms. The molecule has 0 atom stereocenters. The lowest BCUT2D eigenvalue weighted by molar-refractivity contribution is 0.518. The van der Waals surface area contributed by atoms with E-state index in [0.717, 1.165) is 25.8 Å². The van der Waals surface area contributed by atoms with Crippen LogP contribution in [-0.2, 0) is 25.8 Å². The Morgan fingerprint density at radius 3 is 1.68 bits per heavy atom. The SMILES string of the molecule is CCCCCCCCCCCCCCCCCn1cc(CCCc2ccccc2)nc1CCC. The fourth-order valence-electron chi connectivity index (χ4n) is 5.02. The van der Waals surface area contributed by atoms with Gasteiger partial charge in [-0.25, -0.2) is 4.98 Å². The van der Waals surface area contributed by atoms with Gasteiger partial charge in [-0.05, 0) is 37.7 Å². The van der Waals surface area contributed by atoms with Crippen molar-refractivity contribution in [2.75, 3.05) is 0 Å². The smallest absolute Gasteiger partial charge is 0.108 e. The van der Waals surface area contributed by atoms with Crippen LogP contribution in [0.4, 0.5) is 0 Å². The normalized spacial score (nSPS) is 11.4. The quantitative estimate of drug-likeness (QED) is 0.158. The number of unbranched alkanes of at least 4 members (excludes halogenated alkanes) is 14. The van der Waals surface area contributed by atoms with Crippen LogP contribution in [0.5, 0.6) is 0 Å². The Balaban J connectivity index is 1.49. The van der Waals surface area contributed by atoms with Gasteiger partial charge < -0.3 is 4.57 Å². The molecule has 1 heterocycles. The summed E-state index contributed by atoms with van der Waals surface area (Å²) in [6, 6.07) is 10.8. The fraction of sp³-hybridized carbons (Fsp3) is 0.719. The minimum absolute atomic E-state index is 1.09. The average molecular weight is 467 g/mol. The Kier molecular flexibility index (Phi) is 16.6. The lowest BCUT2D eigenvalue weighted by Crippen LogP contribution is -2.03. The molecule has 0 N–H and O–H groups in total. The summed E-state index contributed by atoms with van der Waals surface area (Å²) >= 11 is 0. The molecular formula is C32H54N2. The Hall–Kier alpha value is -1.57. The van der Waals surface area contributed by atoms with Gasteiger partial charge in [0.15, 0.2) is 0 Å². The van der Waals surface area contributed by atoms with E-state index in [1.165, 1.54) is 126 Å². The van der Waals surface area contributed by atoms with E-state index in [1.54, 1.807) is 0 Å². The van der Waals surface area contributed by atoms with Gasteiger partial charge in [-0.15, -0.1) is 0 Å².